The molecule has 0 atom stereocenters. The Bertz CT molecular complexity index is 1450. The Balaban J connectivity index is 1.41. The van der Waals surface area contributed by atoms with E-state index in [2.05, 4.69) is 50.6 Å². The molecule has 10 heteroatoms. The van der Waals surface area contributed by atoms with E-state index >= 15 is 0 Å². The summed E-state index contributed by atoms with van der Waals surface area (Å²) < 4.78 is 3.67. The van der Waals surface area contributed by atoms with Crippen LogP contribution in [0.2, 0.25) is 0 Å². The highest BCUT2D eigenvalue weighted by molar-refractivity contribution is 6.17. The Morgan fingerprint density at radius 2 is 1.86 bits per heavy atom. The minimum atomic E-state index is -0.578. The number of fused-ring (bicyclic) bond motifs is 1. The van der Waals surface area contributed by atoms with Gasteiger partial charge in [0.15, 0.2) is 0 Å². The van der Waals surface area contributed by atoms with Crippen LogP contribution in [-0.4, -0.2) is 56.5 Å². The van der Waals surface area contributed by atoms with Crippen molar-refractivity contribution < 1.29 is 4.79 Å². The van der Waals surface area contributed by atoms with E-state index in [1.165, 1.54) is 0 Å². The van der Waals surface area contributed by atoms with Gasteiger partial charge in [0.25, 0.3) is 0 Å². The number of rotatable bonds is 6. The van der Waals surface area contributed by atoms with E-state index in [-0.39, 0.29) is 5.57 Å². The van der Waals surface area contributed by atoms with Crippen molar-refractivity contribution in [1.29, 1.82) is 5.26 Å². The summed E-state index contributed by atoms with van der Waals surface area (Å²) in [5.74, 6) is -0.578. The topological polar surface area (TPSA) is 121 Å². The maximum Gasteiger partial charge on any atom is 0.250 e. The Hall–Kier alpha value is -4.65. The number of hydrogen-bond acceptors (Lipinski definition) is 7. The summed E-state index contributed by atoms with van der Waals surface area (Å²) in [7, 11) is 0. The average molecular weight is 468 g/mol. The predicted molar refractivity (Wildman–Crippen MR) is 134 cm³/mol. The first-order valence-corrected chi connectivity index (χ1v) is 11.4. The zero-order valence-electron chi connectivity index (χ0n) is 19.4. The summed E-state index contributed by atoms with van der Waals surface area (Å²) in [6.07, 6.45) is 9.17. The van der Waals surface area contributed by atoms with Crippen molar-refractivity contribution in [1.82, 2.24) is 24.4 Å². The van der Waals surface area contributed by atoms with Crippen molar-refractivity contribution in [2.45, 2.75) is 13.5 Å². The second-order valence-electron chi connectivity index (χ2n) is 8.38. The van der Waals surface area contributed by atoms with Crippen LogP contribution >= 0.6 is 0 Å². The number of carbonyl (C=O) groups is 1. The molecule has 4 aromatic heterocycles. The lowest BCUT2D eigenvalue weighted by atomic mass is 10.1. The van der Waals surface area contributed by atoms with Crippen LogP contribution in [0.3, 0.4) is 0 Å². The summed E-state index contributed by atoms with van der Waals surface area (Å²) in [6, 6.07) is 8.09. The van der Waals surface area contributed by atoms with Gasteiger partial charge in [-0.15, -0.1) is 0 Å². The fourth-order valence-electron chi connectivity index (χ4n) is 4.35. The number of aryl methyl sites for hydroxylation is 1. The number of pyridine rings is 2. The molecular weight excluding hydrogens is 442 g/mol. The van der Waals surface area contributed by atoms with E-state index in [9.17, 15) is 10.1 Å². The van der Waals surface area contributed by atoms with Gasteiger partial charge in [-0.3, -0.25) is 14.5 Å². The summed E-state index contributed by atoms with van der Waals surface area (Å²) in [5.41, 5.74) is 11.3. The number of nitrogens with two attached hydrogens (primary N) is 1. The third-order valence-electron chi connectivity index (χ3n) is 6.34. The van der Waals surface area contributed by atoms with Gasteiger partial charge >= 0.3 is 0 Å². The fourth-order valence-corrected chi connectivity index (χ4v) is 4.35. The molecule has 4 aromatic rings. The molecule has 0 aromatic carbocycles. The van der Waals surface area contributed by atoms with Gasteiger partial charge < -0.3 is 15.5 Å². The van der Waals surface area contributed by atoms with Crippen LogP contribution in [0.15, 0.2) is 55.8 Å². The molecular formula is C25H25N9O. The van der Waals surface area contributed by atoms with Gasteiger partial charge in [-0.2, -0.15) is 15.5 Å². The summed E-state index contributed by atoms with van der Waals surface area (Å²) in [6.45, 7) is 9.61. The van der Waals surface area contributed by atoms with Crippen LogP contribution < -0.4 is 15.5 Å². The Morgan fingerprint density at radius 1 is 1.09 bits per heavy atom. The molecule has 0 unspecified atom stereocenters. The van der Waals surface area contributed by atoms with Gasteiger partial charge in [-0.25, -0.2) is 4.52 Å². The smallest absolute Gasteiger partial charge is 0.250 e. The molecule has 1 aliphatic heterocycles. The number of hydrogen-bond donors (Lipinski definition) is 1. The van der Waals surface area contributed by atoms with E-state index in [1.54, 1.807) is 23.0 Å². The Morgan fingerprint density at radius 3 is 2.49 bits per heavy atom. The van der Waals surface area contributed by atoms with Crippen LogP contribution in [0.25, 0.3) is 22.2 Å². The molecule has 0 radical (unpaired) electrons. The Labute approximate surface area is 202 Å². The molecule has 1 amide bonds. The maximum atomic E-state index is 11.3. The van der Waals surface area contributed by atoms with E-state index in [0.717, 1.165) is 60.7 Å². The molecule has 0 aliphatic carbocycles. The number of aromatic nitrogens is 5. The van der Waals surface area contributed by atoms with Gasteiger partial charge in [0.2, 0.25) is 5.91 Å². The highest BCUT2D eigenvalue weighted by Gasteiger charge is 2.23. The molecule has 2 N–H and O–H groups in total. The number of nitriles is 1. The van der Waals surface area contributed by atoms with E-state index in [4.69, 9.17) is 5.73 Å². The number of carbonyl (C=O) groups excluding carboxylic acids is 1. The molecule has 1 fully saturated rings. The molecule has 5 heterocycles. The number of nitrogens with zero attached hydrogens (tertiary/aromatic N) is 8. The van der Waals surface area contributed by atoms with Gasteiger partial charge in [-0.1, -0.05) is 6.58 Å². The zero-order valence-corrected chi connectivity index (χ0v) is 19.4. The lowest BCUT2D eigenvalue weighted by Gasteiger charge is -2.37. The molecule has 5 rings (SSSR count). The summed E-state index contributed by atoms with van der Waals surface area (Å²) >= 11 is 0. The van der Waals surface area contributed by atoms with Gasteiger partial charge in [-0.05, 0) is 25.1 Å². The first-order valence-electron chi connectivity index (χ1n) is 11.4. The van der Waals surface area contributed by atoms with Crippen molar-refractivity contribution in [2.75, 3.05) is 36.0 Å². The molecule has 0 bridgehead atoms. The van der Waals surface area contributed by atoms with E-state index in [1.807, 2.05) is 29.3 Å². The van der Waals surface area contributed by atoms with Gasteiger partial charge in [0.1, 0.15) is 11.6 Å². The number of anilines is 2. The molecule has 0 saturated carbocycles. The van der Waals surface area contributed by atoms with Crippen LogP contribution in [-0.2, 0) is 11.3 Å². The largest absolute Gasteiger partial charge is 0.367 e. The molecule has 1 saturated heterocycles. The van der Waals surface area contributed by atoms with Crippen molar-refractivity contribution in [2.24, 2.45) is 5.73 Å². The minimum absolute atomic E-state index is 0.198. The van der Waals surface area contributed by atoms with Crippen LogP contribution in [0.5, 0.6) is 0 Å². The zero-order chi connectivity index (χ0) is 24.5. The summed E-state index contributed by atoms with van der Waals surface area (Å²) in [4.78, 5) is 20.2. The van der Waals surface area contributed by atoms with Gasteiger partial charge in [0, 0.05) is 56.2 Å². The van der Waals surface area contributed by atoms with Crippen LogP contribution in [0, 0.1) is 11.3 Å². The highest BCUT2D eigenvalue weighted by atomic mass is 16.1. The maximum absolute atomic E-state index is 11.3. The normalized spacial score (nSPS) is 13.7. The second kappa shape index (κ2) is 8.95. The standard InChI is InChI=1S/C25H25N9O/c1-3-33-15-20(13-29-33)18-10-23(24-19(11-26)12-30-34(24)16-18)32-8-6-31(7-9-32)21-4-5-22(28-14-21)17(2)25(27)35/h4-5,10,12-16H,2-3,6-9H2,1H3,(H2,27,35). The first-order chi connectivity index (χ1) is 17.0. The lowest BCUT2D eigenvalue weighted by molar-refractivity contribution is -0.112. The van der Waals surface area contributed by atoms with Gasteiger partial charge in [0.05, 0.1) is 46.8 Å². The quantitative estimate of drug-likeness (QED) is 0.432. The monoisotopic (exact) mass is 467 g/mol. The highest BCUT2D eigenvalue weighted by Crippen LogP contribution is 2.32. The first kappa shape index (κ1) is 22.2. The number of piperazine rings is 1. The molecule has 1 aliphatic rings. The molecule has 176 valence electrons. The van der Waals surface area contributed by atoms with E-state index in [0.29, 0.717) is 11.3 Å². The molecule has 10 nitrogen and oxygen atoms in total. The fraction of sp³-hybridized carbons (Fsp3) is 0.240. The Kier molecular flexibility index (Phi) is 5.66. The third-order valence-corrected chi connectivity index (χ3v) is 6.34. The van der Waals surface area contributed by atoms with Crippen molar-refractivity contribution >= 4 is 28.4 Å². The van der Waals surface area contributed by atoms with Crippen molar-refractivity contribution in [3.63, 3.8) is 0 Å². The number of amides is 1. The lowest BCUT2D eigenvalue weighted by Crippen LogP contribution is -2.46. The third kappa shape index (κ3) is 4.08. The van der Waals surface area contributed by atoms with Crippen molar-refractivity contribution in [3.05, 3.63) is 67.0 Å². The van der Waals surface area contributed by atoms with Crippen molar-refractivity contribution in [3.8, 4) is 17.2 Å². The van der Waals surface area contributed by atoms with Crippen LogP contribution in [0.1, 0.15) is 18.2 Å². The minimum Gasteiger partial charge on any atom is -0.367 e. The van der Waals surface area contributed by atoms with Crippen LogP contribution in [0.4, 0.5) is 11.4 Å². The average Bonchev–Trinajstić information content (AvgIpc) is 3.55. The predicted octanol–water partition coefficient (Wildman–Crippen LogP) is 2.31. The molecule has 0 spiro atoms. The SMILES string of the molecule is C=C(C(N)=O)c1ccc(N2CCN(c3cc(-c4cnn(CC)c4)cn4ncc(C#N)c34)CC2)cn1. The summed E-state index contributed by atoms with van der Waals surface area (Å²) in [5, 5.41) is 18.5. The number of primary amides is 1. The molecule has 35 heavy (non-hydrogen) atoms. The van der Waals surface area contributed by atoms with E-state index < -0.39 is 5.91 Å². The second-order valence-corrected chi connectivity index (χ2v) is 8.38.